The number of amides is 2. The molecule has 1 fully saturated rings. The lowest BCUT2D eigenvalue weighted by atomic mass is 10.1. The van der Waals surface area contributed by atoms with Crippen molar-refractivity contribution < 1.29 is 14.3 Å². The number of carbonyl (C=O) groups excluding carboxylic acids is 2. The zero-order valence-corrected chi connectivity index (χ0v) is 21.0. The van der Waals surface area contributed by atoms with Gasteiger partial charge >= 0.3 is 6.09 Å². The maximum Gasteiger partial charge on any atom is 0.413 e. The van der Waals surface area contributed by atoms with Crippen LogP contribution in [0.1, 0.15) is 75.9 Å². The molecule has 10 heteroatoms. The molecular weight excluding hydrogens is 460 g/mol. The molecule has 4 N–H and O–H groups in total. The Labute approximate surface area is 210 Å². The summed E-state index contributed by atoms with van der Waals surface area (Å²) in [5.74, 6) is 0.341. The number of hydrogen-bond donors (Lipinski definition) is 4. The molecule has 1 aromatic heterocycles. The summed E-state index contributed by atoms with van der Waals surface area (Å²) >= 11 is 0. The molecule has 36 heavy (non-hydrogen) atoms. The van der Waals surface area contributed by atoms with Gasteiger partial charge in [-0.3, -0.25) is 24.9 Å². The third-order valence-electron chi connectivity index (χ3n) is 6.38. The molecular formula is C26H34N6O4. The lowest BCUT2D eigenvalue weighted by molar-refractivity contribution is -0.124. The van der Waals surface area contributed by atoms with E-state index < -0.39 is 17.7 Å². The fraction of sp³-hybridized carbons (Fsp3) is 0.500. The van der Waals surface area contributed by atoms with Crippen LogP contribution in [-0.2, 0) is 22.5 Å². The summed E-state index contributed by atoms with van der Waals surface area (Å²) < 4.78 is 6.70. The Morgan fingerprint density at radius 2 is 1.83 bits per heavy atom. The number of fused-ring (bicyclic) bond motifs is 1. The molecule has 0 unspecified atom stereocenters. The van der Waals surface area contributed by atoms with Gasteiger partial charge in [0.25, 0.3) is 5.56 Å². The molecule has 2 heterocycles. The normalized spacial score (nSPS) is 17.4. The van der Waals surface area contributed by atoms with E-state index in [1.807, 2.05) is 0 Å². The number of anilines is 1. The minimum atomic E-state index is -0.688. The number of rotatable bonds is 6. The van der Waals surface area contributed by atoms with Gasteiger partial charge in [0, 0.05) is 24.6 Å². The van der Waals surface area contributed by atoms with Crippen LogP contribution in [0.2, 0.25) is 0 Å². The largest absolute Gasteiger partial charge is 0.444 e. The summed E-state index contributed by atoms with van der Waals surface area (Å²) in [6.45, 7) is 5.54. The third kappa shape index (κ3) is 6.10. The fourth-order valence-corrected chi connectivity index (χ4v) is 4.62. The predicted octanol–water partition coefficient (Wildman–Crippen LogP) is 3.25. The second kappa shape index (κ2) is 10.5. The lowest BCUT2D eigenvalue weighted by Crippen LogP contribution is -2.37. The SMILES string of the molecule is CC(C)(C)OC(=O)NC(=N)c1ccc(CNC(=O)[C@@H]2CCc3ncc(NC4CCCC4)c(=O)n32)cc1. The van der Waals surface area contributed by atoms with E-state index in [1.54, 1.807) is 51.2 Å². The van der Waals surface area contributed by atoms with Crippen molar-refractivity contribution in [3.05, 3.63) is 57.8 Å². The van der Waals surface area contributed by atoms with Crippen LogP contribution in [0, 0.1) is 5.41 Å². The first kappa shape index (κ1) is 25.4. The van der Waals surface area contributed by atoms with Gasteiger partial charge in [-0.1, -0.05) is 37.1 Å². The minimum absolute atomic E-state index is 0.0729. The molecule has 192 valence electrons. The number of carbonyl (C=O) groups is 2. The van der Waals surface area contributed by atoms with Gasteiger partial charge in [-0.25, -0.2) is 9.78 Å². The summed E-state index contributed by atoms with van der Waals surface area (Å²) in [5.41, 5.74) is 0.966. The number of aryl methyl sites for hydroxylation is 1. The van der Waals surface area contributed by atoms with E-state index in [0.29, 0.717) is 29.9 Å². The van der Waals surface area contributed by atoms with E-state index in [0.717, 1.165) is 31.2 Å². The highest BCUT2D eigenvalue weighted by atomic mass is 16.6. The van der Waals surface area contributed by atoms with Crippen LogP contribution in [-0.4, -0.2) is 39.0 Å². The van der Waals surface area contributed by atoms with Crippen LogP contribution in [0.25, 0.3) is 0 Å². The Bertz CT molecular complexity index is 1190. The Morgan fingerprint density at radius 3 is 2.50 bits per heavy atom. The zero-order valence-electron chi connectivity index (χ0n) is 21.0. The summed E-state index contributed by atoms with van der Waals surface area (Å²) in [6.07, 6.45) is 6.43. The number of ether oxygens (including phenoxy) is 1. The molecule has 4 rings (SSSR count). The van der Waals surface area contributed by atoms with Crippen LogP contribution in [0.15, 0.2) is 35.3 Å². The highest BCUT2D eigenvalue weighted by molar-refractivity contribution is 6.04. The fourth-order valence-electron chi connectivity index (χ4n) is 4.62. The quantitative estimate of drug-likeness (QED) is 0.359. The first-order valence-electron chi connectivity index (χ1n) is 12.4. The molecule has 1 aromatic carbocycles. The maximum absolute atomic E-state index is 13.1. The average molecular weight is 495 g/mol. The topological polar surface area (TPSA) is 138 Å². The van der Waals surface area contributed by atoms with Crippen LogP contribution in [0.3, 0.4) is 0 Å². The number of amidine groups is 1. The van der Waals surface area contributed by atoms with Gasteiger partial charge in [-0.2, -0.15) is 0 Å². The van der Waals surface area contributed by atoms with Gasteiger partial charge in [0.05, 0.1) is 6.20 Å². The molecule has 10 nitrogen and oxygen atoms in total. The van der Waals surface area contributed by atoms with Crippen molar-refractivity contribution in [3.8, 4) is 0 Å². The molecule has 1 saturated carbocycles. The zero-order chi connectivity index (χ0) is 25.9. The molecule has 0 spiro atoms. The van der Waals surface area contributed by atoms with Crippen molar-refractivity contribution in [2.75, 3.05) is 5.32 Å². The van der Waals surface area contributed by atoms with Crippen LogP contribution in [0.4, 0.5) is 10.5 Å². The van der Waals surface area contributed by atoms with E-state index in [9.17, 15) is 14.4 Å². The molecule has 2 aromatic rings. The van der Waals surface area contributed by atoms with Gasteiger partial charge in [0.15, 0.2) is 0 Å². The smallest absolute Gasteiger partial charge is 0.413 e. The predicted molar refractivity (Wildman–Crippen MR) is 136 cm³/mol. The molecule has 0 bridgehead atoms. The number of nitrogens with one attached hydrogen (secondary N) is 4. The second-order valence-electron chi connectivity index (χ2n) is 10.4. The van der Waals surface area contributed by atoms with Crippen molar-refractivity contribution in [1.82, 2.24) is 20.2 Å². The van der Waals surface area contributed by atoms with Crippen LogP contribution >= 0.6 is 0 Å². The minimum Gasteiger partial charge on any atom is -0.444 e. The Kier molecular flexibility index (Phi) is 7.42. The van der Waals surface area contributed by atoms with Gasteiger partial charge in [-0.05, 0) is 45.6 Å². The molecule has 0 radical (unpaired) electrons. The van der Waals surface area contributed by atoms with Crippen LogP contribution < -0.4 is 21.5 Å². The highest BCUT2D eigenvalue weighted by Crippen LogP contribution is 2.25. The molecule has 1 aliphatic carbocycles. The standard InChI is InChI=1S/C26H34N6O4/c1-26(2,3)36-25(35)31-22(27)17-10-8-16(9-11-17)14-29-23(33)20-12-13-21-28-15-19(24(34)32(20)21)30-18-6-4-5-7-18/h8-11,15,18,20,30H,4-7,12-14H2,1-3H3,(H,29,33)(H2,27,31,35)/t20-/m0/s1. The van der Waals surface area contributed by atoms with Gasteiger partial charge < -0.3 is 15.4 Å². The number of hydrogen-bond acceptors (Lipinski definition) is 7. The first-order chi connectivity index (χ1) is 17.1. The average Bonchev–Trinajstić information content (AvgIpc) is 3.48. The van der Waals surface area contributed by atoms with E-state index in [-0.39, 0.29) is 29.9 Å². The first-order valence-corrected chi connectivity index (χ1v) is 12.4. The van der Waals surface area contributed by atoms with Gasteiger partial charge in [-0.15, -0.1) is 0 Å². The molecule has 1 aliphatic heterocycles. The van der Waals surface area contributed by atoms with Crippen molar-refractivity contribution in [2.24, 2.45) is 0 Å². The molecule has 1 atom stereocenters. The van der Waals surface area contributed by atoms with E-state index in [1.165, 1.54) is 4.57 Å². The lowest BCUT2D eigenvalue weighted by Gasteiger charge is -2.19. The maximum atomic E-state index is 13.1. The van der Waals surface area contributed by atoms with E-state index in [4.69, 9.17) is 10.1 Å². The molecule has 2 amide bonds. The third-order valence-corrected chi connectivity index (χ3v) is 6.38. The van der Waals surface area contributed by atoms with Crippen molar-refractivity contribution in [2.45, 2.75) is 83.5 Å². The van der Waals surface area contributed by atoms with E-state index in [2.05, 4.69) is 20.9 Å². The van der Waals surface area contributed by atoms with Gasteiger partial charge in [0.1, 0.15) is 29.0 Å². The summed E-state index contributed by atoms with van der Waals surface area (Å²) in [5, 5.41) is 16.7. The number of nitrogens with zero attached hydrogens (tertiary/aromatic N) is 2. The Morgan fingerprint density at radius 1 is 1.14 bits per heavy atom. The molecule has 2 aliphatic rings. The summed E-state index contributed by atoms with van der Waals surface area (Å²) in [4.78, 5) is 42.4. The number of alkyl carbamates (subject to hydrolysis) is 1. The van der Waals surface area contributed by atoms with Crippen molar-refractivity contribution >= 4 is 23.5 Å². The summed E-state index contributed by atoms with van der Waals surface area (Å²) in [6, 6.07) is 6.65. The second-order valence-corrected chi connectivity index (χ2v) is 10.4. The monoisotopic (exact) mass is 494 g/mol. The van der Waals surface area contributed by atoms with Gasteiger partial charge in [0.2, 0.25) is 5.91 Å². The van der Waals surface area contributed by atoms with E-state index >= 15 is 0 Å². The summed E-state index contributed by atoms with van der Waals surface area (Å²) in [7, 11) is 0. The number of aromatic nitrogens is 2. The molecule has 0 saturated heterocycles. The Balaban J connectivity index is 1.35. The van der Waals surface area contributed by atoms with Crippen molar-refractivity contribution in [3.63, 3.8) is 0 Å². The highest BCUT2D eigenvalue weighted by Gasteiger charge is 2.31. The Hall–Kier alpha value is -3.69. The number of benzene rings is 1. The van der Waals surface area contributed by atoms with Crippen molar-refractivity contribution in [1.29, 1.82) is 5.41 Å². The van der Waals surface area contributed by atoms with Crippen LogP contribution in [0.5, 0.6) is 0 Å².